The van der Waals surface area contributed by atoms with E-state index in [1.807, 2.05) is 0 Å². The van der Waals surface area contributed by atoms with E-state index in [2.05, 4.69) is 26.2 Å². The Labute approximate surface area is 280 Å². The predicted molar refractivity (Wildman–Crippen MR) is 182 cm³/mol. The van der Waals surface area contributed by atoms with Crippen molar-refractivity contribution >= 4 is 51.7 Å². The van der Waals surface area contributed by atoms with Crippen LogP contribution in [0, 0.1) is 0 Å². The van der Waals surface area contributed by atoms with Crippen LogP contribution in [0.25, 0.3) is 11.0 Å². The van der Waals surface area contributed by atoms with Crippen molar-refractivity contribution < 1.29 is 28.3 Å². The third kappa shape index (κ3) is 7.47. The van der Waals surface area contributed by atoms with E-state index in [-0.39, 0.29) is 22.9 Å². The van der Waals surface area contributed by atoms with Crippen molar-refractivity contribution in [3.05, 3.63) is 100 Å². The lowest BCUT2D eigenvalue weighted by atomic mass is 10.2. The first-order valence-electron chi connectivity index (χ1n) is 15.6. The van der Waals surface area contributed by atoms with Crippen LogP contribution in [0.4, 0.5) is 17.1 Å². The van der Waals surface area contributed by atoms with E-state index in [1.54, 1.807) is 73.0 Å². The largest absolute Gasteiger partial charge is 0.422 e. The number of aromatic nitrogens is 3. The Morgan fingerprint density at radius 1 is 0.694 bits per heavy atom. The molecule has 1 aliphatic heterocycles. The van der Waals surface area contributed by atoms with Crippen LogP contribution >= 0.6 is 0 Å². The number of hydrogen-bond donors (Lipinski definition) is 4. The smallest absolute Gasteiger partial charge is 0.349 e. The highest BCUT2D eigenvalue weighted by molar-refractivity contribution is 6.09. The Balaban J connectivity index is 1.06. The second kappa shape index (κ2) is 14.0. The van der Waals surface area contributed by atoms with Gasteiger partial charge in [0.05, 0.1) is 30.3 Å². The monoisotopic (exact) mass is 668 g/mol. The topological polar surface area (TPSA) is 174 Å². The van der Waals surface area contributed by atoms with Gasteiger partial charge in [-0.3, -0.25) is 24.1 Å². The van der Waals surface area contributed by atoms with E-state index in [0.29, 0.717) is 53.5 Å². The van der Waals surface area contributed by atoms with Gasteiger partial charge in [-0.25, -0.2) is 4.79 Å². The molecule has 0 aliphatic carbocycles. The molecule has 4 N–H and O–H groups in total. The number of rotatable bonds is 10. The van der Waals surface area contributed by atoms with Gasteiger partial charge >= 0.3 is 5.63 Å². The molecule has 1 aromatic carbocycles. The van der Waals surface area contributed by atoms with E-state index in [4.69, 9.17) is 9.15 Å². The summed E-state index contributed by atoms with van der Waals surface area (Å²) < 4.78 is 15.3. The van der Waals surface area contributed by atoms with Crippen molar-refractivity contribution in [1.29, 1.82) is 0 Å². The number of para-hydroxylation sites is 1. The number of carbonyl (C=O) groups is 4. The van der Waals surface area contributed by atoms with Crippen LogP contribution in [0.2, 0.25) is 0 Å². The Bertz CT molecular complexity index is 2120. The van der Waals surface area contributed by atoms with Crippen LogP contribution in [0.1, 0.15) is 41.8 Å². The molecule has 1 aliphatic rings. The van der Waals surface area contributed by atoms with Gasteiger partial charge in [-0.2, -0.15) is 0 Å². The summed E-state index contributed by atoms with van der Waals surface area (Å²) in [5.41, 5.74) is 1.42. The third-order valence-electron chi connectivity index (χ3n) is 8.19. The van der Waals surface area contributed by atoms with Gasteiger partial charge in [0.25, 0.3) is 23.6 Å². The molecule has 4 aromatic heterocycles. The molecule has 15 heteroatoms. The van der Waals surface area contributed by atoms with Crippen molar-refractivity contribution in [3.8, 4) is 0 Å². The number of fused-ring (bicyclic) bond motifs is 1. The minimum atomic E-state index is -0.776. The summed E-state index contributed by atoms with van der Waals surface area (Å²) in [4.78, 5) is 66.7. The molecule has 5 heterocycles. The minimum absolute atomic E-state index is 0.168. The Morgan fingerprint density at radius 2 is 1.20 bits per heavy atom. The number of nitrogens with zero attached hydrogens (tertiary/aromatic N) is 4. The first kappa shape index (κ1) is 33.0. The number of anilines is 3. The van der Waals surface area contributed by atoms with Crippen LogP contribution in [0.5, 0.6) is 0 Å². The maximum atomic E-state index is 13.2. The number of hydrogen-bond acceptors (Lipinski definition) is 8. The van der Waals surface area contributed by atoms with Gasteiger partial charge in [0.1, 0.15) is 28.2 Å². The first-order valence-corrected chi connectivity index (χ1v) is 15.6. The fourth-order valence-corrected chi connectivity index (χ4v) is 5.63. The van der Waals surface area contributed by atoms with Crippen molar-refractivity contribution in [2.75, 3.05) is 55.3 Å². The maximum Gasteiger partial charge on any atom is 0.349 e. The molecular formula is C34H36N8O7. The van der Waals surface area contributed by atoms with Gasteiger partial charge in [0.2, 0.25) is 0 Å². The minimum Gasteiger partial charge on any atom is -0.422 e. The predicted octanol–water partition coefficient (Wildman–Crippen LogP) is 2.63. The summed E-state index contributed by atoms with van der Waals surface area (Å²) in [6.45, 7) is 4.27. The molecule has 1 fully saturated rings. The quantitative estimate of drug-likeness (QED) is 0.164. The number of aryl methyl sites for hydroxylation is 3. The molecule has 1 saturated heterocycles. The number of morpholine rings is 1. The van der Waals surface area contributed by atoms with Crippen LogP contribution in [0.15, 0.2) is 76.3 Å². The van der Waals surface area contributed by atoms with E-state index in [0.717, 1.165) is 19.6 Å². The van der Waals surface area contributed by atoms with Crippen molar-refractivity contribution in [3.63, 3.8) is 0 Å². The summed E-state index contributed by atoms with van der Waals surface area (Å²) in [5, 5.41) is 11.7. The van der Waals surface area contributed by atoms with E-state index < -0.39 is 23.3 Å². The summed E-state index contributed by atoms with van der Waals surface area (Å²) >= 11 is 0. The van der Waals surface area contributed by atoms with Crippen LogP contribution < -0.4 is 26.9 Å². The van der Waals surface area contributed by atoms with Crippen LogP contribution in [0.3, 0.4) is 0 Å². The highest BCUT2D eigenvalue weighted by Crippen LogP contribution is 2.20. The van der Waals surface area contributed by atoms with Crippen molar-refractivity contribution in [2.45, 2.75) is 0 Å². The standard InChI is InChI=1S/C34H36N8O7/c1-39-19-23(15-26(39)31(44)35-8-9-42-10-12-48-13-11-42)37-33(46)28-17-24(20-41(28)3)38-32(45)27-16-22(18-40(27)2)36-30(43)25-14-21-6-4-5-7-29(21)49-34(25)47/h4-7,14-20H,8-13H2,1-3H3,(H,35,44)(H,36,43)(H,37,46)(H,38,45). The molecular weight excluding hydrogens is 632 g/mol. The molecule has 254 valence electrons. The fraction of sp³-hybridized carbons (Fsp3) is 0.265. The first-order chi connectivity index (χ1) is 23.5. The van der Waals surface area contributed by atoms with Gasteiger partial charge in [0.15, 0.2) is 0 Å². The molecule has 0 spiro atoms. The Kier molecular flexibility index (Phi) is 9.46. The summed E-state index contributed by atoms with van der Waals surface area (Å²) in [6, 6.07) is 12.9. The molecule has 0 radical (unpaired) electrons. The zero-order chi connectivity index (χ0) is 34.7. The van der Waals surface area contributed by atoms with Crippen molar-refractivity contribution in [2.24, 2.45) is 21.1 Å². The molecule has 0 atom stereocenters. The van der Waals surface area contributed by atoms with Crippen LogP contribution in [-0.2, 0) is 25.9 Å². The molecule has 5 aromatic rings. The summed E-state index contributed by atoms with van der Waals surface area (Å²) in [5.74, 6) is -1.85. The zero-order valence-electron chi connectivity index (χ0n) is 27.2. The molecule has 0 bridgehead atoms. The second-order valence-corrected chi connectivity index (χ2v) is 11.7. The highest BCUT2D eigenvalue weighted by Gasteiger charge is 2.20. The molecule has 6 rings (SSSR count). The zero-order valence-corrected chi connectivity index (χ0v) is 27.2. The number of carbonyl (C=O) groups excluding carboxylic acids is 4. The maximum absolute atomic E-state index is 13.2. The molecule has 49 heavy (non-hydrogen) atoms. The van der Waals surface area contributed by atoms with Crippen LogP contribution in [-0.4, -0.2) is 81.6 Å². The van der Waals surface area contributed by atoms with Gasteiger partial charge in [0, 0.05) is 71.3 Å². The Morgan fingerprint density at radius 3 is 1.78 bits per heavy atom. The number of amides is 4. The summed E-state index contributed by atoms with van der Waals surface area (Å²) in [7, 11) is 5.03. The molecule has 0 unspecified atom stereocenters. The average Bonchev–Trinajstić information content (AvgIpc) is 3.75. The van der Waals surface area contributed by atoms with E-state index in [9.17, 15) is 24.0 Å². The number of nitrogens with one attached hydrogen (secondary N) is 4. The third-order valence-corrected chi connectivity index (χ3v) is 8.19. The molecule has 15 nitrogen and oxygen atoms in total. The van der Waals surface area contributed by atoms with Gasteiger partial charge in [-0.05, 0) is 30.3 Å². The van der Waals surface area contributed by atoms with Crippen molar-refractivity contribution in [1.82, 2.24) is 23.9 Å². The van der Waals surface area contributed by atoms with E-state index >= 15 is 0 Å². The van der Waals surface area contributed by atoms with Gasteiger partial charge in [-0.15, -0.1) is 0 Å². The van der Waals surface area contributed by atoms with Gasteiger partial charge in [-0.1, -0.05) is 18.2 Å². The highest BCUT2D eigenvalue weighted by atomic mass is 16.5. The Hall–Kier alpha value is -5.93. The normalized spacial score (nSPS) is 13.3. The summed E-state index contributed by atoms with van der Waals surface area (Å²) in [6.07, 6.45) is 4.78. The number of benzene rings is 1. The number of ether oxygens (including phenoxy) is 1. The lowest BCUT2D eigenvalue weighted by Crippen LogP contribution is -2.41. The molecule has 0 saturated carbocycles. The van der Waals surface area contributed by atoms with Gasteiger partial charge < -0.3 is 44.1 Å². The molecule has 4 amide bonds. The fourth-order valence-electron chi connectivity index (χ4n) is 5.63. The SMILES string of the molecule is Cn1cc(NC(=O)c2cc(NC(=O)c3cc(NC(=O)c4cc5ccccc5oc4=O)cn3C)cn2C)cc1C(=O)NCCN1CCOCC1. The average molecular weight is 669 g/mol. The lowest BCUT2D eigenvalue weighted by molar-refractivity contribution is 0.0383. The van der Waals surface area contributed by atoms with E-state index in [1.165, 1.54) is 29.0 Å². The second-order valence-electron chi connectivity index (χ2n) is 11.7. The lowest BCUT2D eigenvalue weighted by Gasteiger charge is -2.26.